The number of sulfonamides is 1. The second-order valence-electron chi connectivity index (χ2n) is 6.74. The lowest BCUT2D eigenvalue weighted by Crippen LogP contribution is -2.24. The van der Waals surface area contributed by atoms with Crippen molar-refractivity contribution in [3.63, 3.8) is 0 Å². The van der Waals surface area contributed by atoms with E-state index in [2.05, 4.69) is 10.6 Å². The van der Waals surface area contributed by atoms with E-state index in [9.17, 15) is 18.0 Å². The Hall–Kier alpha value is -2.91. The van der Waals surface area contributed by atoms with Gasteiger partial charge < -0.3 is 15.4 Å². The molecular formula is C20H25N3O5S. The van der Waals surface area contributed by atoms with E-state index < -0.39 is 15.9 Å². The third-order valence-corrected chi connectivity index (χ3v) is 6.03. The highest BCUT2D eigenvalue weighted by Gasteiger charge is 2.20. The average molecular weight is 420 g/mol. The molecule has 0 aromatic heterocycles. The lowest BCUT2D eigenvalue weighted by Gasteiger charge is -2.16. The molecule has 2 aromatic carbocycles. The average Bonchev–Trinajstić information content (AvgIpc) is 2.64. The summed E-state index contributed by atoms with van der Waals surface area (Å²) in [6.45, 7) is 4.76. The van der Waals surface area contributed by atoms with Crippen LogP contribution in [0, 0.1) is 13.8 Å². The number of rotatable bonds is 7. The van der Waals surface area contributed by atoms with Crippen LogP contribution in [-0.2, 0) is 19.6 Å². The summed E-state index contributed by atoms with van der Waals surface area (Å²) in [6, 6.07) is 9.62. The van der Waals surface area contributed by atoms with Gasteiger partial charge in [-0.1, -0.05) is 0 Å². The first kappa shape index (κ1) is 22.4. The molecule has 2 N–H and O–H groups in total. The Morgan fingerprint density at radius 2 is 1.66 bits per heavy atom. The van der Waals surface area contributed by atoms with E-state index in [0.717, 1.165) is 15.4 Å². The molecule has 0 saturated heterocycles. The van der Waals surface area contributed by atoms with Gasteiger partial charge in [-0.25, -0.2) is 12.7 Å². The molecule has 2 aromatic rings. The van der Waals surface area contributed by atoms with Gasteiger partial charge in [0.15, 0.2) is 6.61 Å². The number of anilines is 2. The first-order chi connectivity index (χ1) is 13.5. The van der Waals surface area contributed by atoms with Crippen LogP contribution in [0.4, 0.5) is 11.4 Å². The molecule has 0 atom stereocenters. The van der Waals surface area contributed by atoms with Gasteiger partial charge in [-0.15, -0.1) is 0 Å². The molecule has 0 spiro atoms. The maximum atomic E-state index is 12.4. The van der Waals surface area contributed by atoms with E-state index >= 15 is 0 Å². The zero-order valence-corrected chi connectivity index (χ0v) is 17.9. The Balaban J connectivity index is 2.08. The summed E-state index contributed by atoms with van der Waals surface area (Å²) in [6.07, 6.45) is 0. The standard InChI is InChI=1S/C20H25N3O5S/c1-13-10-18(29(26,27)23(4)5)11-19(14(13)2)22-20(25)12-28-17-8-6-16(7-9-17)21-15(3)24/h6-11H,12H2,1-5H3,(H,21,24)(H,22,25). The predicted octanol–water partition coefficient (Wildman–Crippen LogP) is 2.53. The Labute approximate surface area is 170 Å². The summed E-state index contributed by atoms with van der Waals surface area (Å²) in [4.78, 5) is 23.4. The van der Waals surface area contributed by atoms with Crippen molar-refractivity contribution in [2.75, 3.05) is 31.3 Å². The monoisotopic (exact) mass is 419 g/mol. The molecule has 8 nitrogen and oxygen atoms in total. The lowest BCUT2D eigenvalue weighted by atomic mass is 10.1. The Morgan fingerprint density at radius 3 is 2.21 bits per heavy atom. The Morgan fingerprint density at radius 1 is 1.03 bits per heavy atom. The molecule has 0 radical (unpaired) electrons. The van der Waals surface area contributed by atoms with E-state index in [1.165, 1.54) is 27.1 Å². The fraction of sp³-hybridized carbons (Fsp3) is 0.300. The van der Waals surface area contributed by atoms with Gasteiger partial charge in [-0.2, -0.15) is 0 Å². The zero-order valence-electron chi connectivity index (χ0n) is 17.1. The Bertz CT molecular complexity index is 1020. The van der Waals surface area contributed by atoms with Gasteiger partial charge in [0, 0.05) is 32.4 Å². The quantitative estimate of drug-likeness (QED) is 0.718. The molecule has 0 aliphatic heterocycles. The maximum Gasteiger partial charge on any atom is 0.262 e. The molecule has 9 heteroatoms. The van der Waals surface area contributed by atoms with Crippen LogP contribution >= 0.6 is 0 Å². The Kier molecular flexibility index (Phi) is 6.99. The number of aryl methyl sites for hydroxylation is 1. The number of nitrogens with zero attached hydrogens (tertiary/aromatic N) is 1. The minimum absolute atomic E-state index is 0.107. The van der Waals surface area contributed by atoms with Crippen molar-refractivity contribution in [3.8, 4) is 5.75 Å². The zero-order chi connectivity index (χ0) is 21.8. The van der Waals surface area contributed by atoms with Crippen LogP contribution in [0.5, 0.6) is 5.75 Å². The van der Waals surface area contributed by atoms with Crippen molar-refractivity contribution < 1.29 is 22.7 Å². The highest BCUT2D eigenvalue weighted by Crippen LogP contribution is 2.25. The van der Waals surface area contributed by atoms with Crippen LogP contribution in [0.2, 0.25) is 0 Å². The predicted molar refractivity (Wildman–Crippen MR) is 112 cm³/mol. The van der Waals surface area contributed by atoms with Gasteiger partial charge in [-0.3, -0.25) is 9.59 Å². The van der Waals surface area contributed by atoms with E-state index in [-0.39, 0.29) is 17.4 Å². The van der Waals surface area contributed by atoms with Crippen molar-refractivity contribution in [2.45, 2.75) is 25.7 Å². The number of hydrogen-bond acceptors (Lipinski definition) is 5. The molecule has 0 bridgehead atoms. The van der Waals surface area contributed by atoms with E-state index in [1.54, 1.807) is 44.2 Å². The fourth-order valence-electron chi connectivity index (χ4n) is 2.49. The highest BCUT2D eigenvalue weighted by atomic mass is 32.2. The topological polar surface area (TPSA) is 105 Å². The van der Waals surface area contributed by atoms with Crippen molar-refractivity contribution in [2.24, 2.45) is 0 Å². The SMILES string of the molecule is CC(=O)Nc1ccc(OCC(=O)Nc2cc(S(=O)(=O)N(C)C)cc(C)c2C)cc1. The summed E-state index contributed by atoms with van der Waals surface area (Å²) in [7, 11) is -0.717. The number of hydrogen-bond donors (Lipinski definition) is 2. The number of amides is 2. The van der Waals surface area contributed by atoms with Gasteiger partial charge in [0.05, 0.1) is 4.90 Å². The van der Waals surface area contributed by atoms with Crippen LogP contribution in [-0.4, -0.2) is 45.2 Å². The number of nitrogens with one attached hydrogen (secondary N) is 2. The highest BCUT2D eigenvalue weighted by molar-refractivity contribution is 7.89. The number of carbonyl (C=O) groups is 2. The van der Waals surface area contributed by atoms with Crippen LogP contribution in [0.15, 0.2) is 41.3 Å². The summed E-state index contributed by atoms with van der Waals surface area (Å²) < 4.78 is 31.4. The number of ether oxygens (including phenoxy) is 1. The molecule has 2 amide bonds. The van der Waals surface area contributed by atoms with Crippen LogP contribution in [0.25, 0.3) is 0 Å². The van der Waals surface area contributed by atoms with Crippen molar-refractivity contribution in [1.29, 1.82) is 0 Å². The van der Waals surface area contributed by atoms with E-state index in [0.29, 0.717) is 17.1 Å². The van der Waals surface area contributed by atoms with Crippen molar-refractivity contribution in [1.82, 2.24) is 4.31 Å². The minimum atomic E-state index is -3.62. The normalized spacial score (nSPS) is 11.2. The molecule has 0 aliphatic rings. The smallest absolute Gasteiger partial charge is 0.262 e. The van der Waals surface area contributed by atoms with Gasteiger partial charge in [0.2, 0.25) is 15.9 Å². The second-order valence-corrected chi connectivity index (χ2v) is 8.89. The van der Waals surface area contributed by atoms with Crippen molar-refractivity contribution >= 4 is 33.2 Å². The molecule has 0 fully saturated rings. The van der Waals surface area contributed by atoms with Gasteiger partial charge >= 0.3 is 0 Å². The summed E-state index contributed by atoms with van der Waals surface area (Å²) >= 11 is 0. The lowest BCUT2D eigenvalue weighted by molar-refractivity contribution is -0.118. The van der Waals surface area contributed by atoms with Gasteiger partial charge in [0.25, 0.3) is 5.91 Å². The maximum absolute atomic E-state index is 12.4. The van der Waals surface area contributed by atoms with Crippen LogP contribution in [0.1, 0.15) is 18.1 Å². The number of benzene rings is 2. The molecule has 2 rings (SSSR count). The molecule has 0 unspecified atom stereocenters. The summed E-state index contributed by atoms with van der Waals surface area (Å²) in [5.74, 6) is -0.133. The van der Waals surface area contributed by atoms with Gasteiger partial charge in [0.1, 0.15) is 5.75 Å². The summed E-state index contributed by atoms with van der Waals surface area (Å²) in [5.41, 5.74) is 2.56. The van der Waals surface area contributed by atoms with Gasteiger partial charge in [-0.05, 0) is 61.4 Å². The molecule has 0 heterocycles. The van der Waals surface area contributed by atoms with Crippen molar-refractivity contribution in [3.05, 3.63) is 47.5 Å². The van der Waals surface area contributed by atoms with E-state index in [4.69, 9.17) is 4.74 Å². The first-order valence-electron chi connectivity index (χ1n) is 8.85. The molecule has 156 valence electrons. The first-order valence-corrected chi connectivity index (χ1v) is 10.3. The second kappa shape index (κ2) is 9.06. The summed E-state index contributed by atoms with van der Waals surface area (Å²) in [5, 5.41) is 5.35. The van der Waals surface area contributed by atoms with E-state index in [1.807, 2.05) is 0 Å². The minimum Gasteiger partial charge on any atom is -0.484 e. The third-order valence-electron chi connectivity index (χ3n) is 4.24. The van der Waals surface area contributed by atoms with Crippen LogP contribution < -0.4 is 15.4 Å². The molecule has 0 aliphatic carbocycles. The molecular weight excluding hydrogens is 394 g/mol. The van der Waals surface area contributed by atoms with Crippen LogP contribution in [0.3, 0.4) is 0 Å². The largest absolute Gasteiger partial charge is 0.484 e. The third kappa shape index (κ3) is 5.78. The molecule has 0 saturated carbocycles. The molecule has 29 heavy (non-hydrogen) atoms. The fourth-order valence-corrected chi connectivity index (χ4v) is 3.50. The number of carbonyl (C=O) groups excluding carboxylic acids is 2.